The number of carbonyl (C=O) groups is 1. The van der Waals surface area contributed by atoms with Gasteiger partial charge in [-0.25, -0.2) is 0 Å². The molecule has 0 saturated carbocycles. The van der Waals surface area contributed by atoms with Gasteiger partial charge < -0.3 is 10.6 Å². The summed E-state index contributed by atoms with van der Waals surface area (Å²) in [7, 11) is 0. The Kier molecular flexibility index (Phi) is 4.11. The Hall–Kier alpha value is -0.570. The molecule has 66 valence electrons. The number of carbonyl (C=O) groups excluding carboxylic acids is 1. The molecule has 0 radical (unpaired) electrons. The van der Waals surface area contributed by atoms with Gasteiger partial charge in [-0.2, -0.15) is 0 Å². The SMILES string of the molecule is CC.CC1(C)CNCC(=O)N1. The number of amides is 1. The third kappa shape index (κ3) is 3.98. The van der Waals surface area contributed by atoms with E-state index in [1.54, 1.807) is 0 Å². The van der Waals surface area contributed by atoms with Crippen LogP contribution in [0.5, 0.6) is 0 Å². The lowest BCUT2D eigenvalue weighted by molar-refractivity contribution is -0.123. The smallest absolute Gasteiger partial charge is 0.234 e. The molecular weight excluding hydrogens is 140 g/mol. The van der Waals surface area contributed by atoms with Crippen LogP contribution in [-0.4, -0.2) is 24.5 Å². The van der Waals surface area contributed by atoms with Gasteiger partial charge in [0.1, 0.15) is 0 Å². The van der Waals surface area contributed by atoms with E-state index in [0.717, 1.165) is 6.54 Å². The molecule has 1 aliphatic rings. The molecule has 1 amide bonds. The lowest BCUT2D eigenvalue weighted by atomic mass is 10.0. The fourth-order valence-corrected chi connectivity index (χ4v) is 0.954. The van der Waals surface area contributed by atoms with Gasteiger partial charge in [0.2, 0.25) is 5.91 Å². The molecule has 0 atom stereocenters. The van der Waals surface area contributed by atoms with E-state index < -0.39 is 0 Å². The van der Waals surface area contributed by atoms with Crippen molar-refractivity contribution in [1.29, 1.82) is 0 Å². The average Bonchev–Trinajstić information content (AvgIpc) is 1.89. The maximum atomic E-state index is 10.7. The predicted octanol–water partition coefficient (Wildman–Crippen LogP) is 0.511. The topological polar surface area (TPSA) is 41.1 Å². The van der Waals surface area contributed by atoms with Gasteiger partial charge in [-0.1, -0.05) is 13.8 Å². The zero-order valence-electron chi connectivity index (χ0n) is 7.82. The number of rotatable bonds is 0. The summed E-state index contributed by atoms with van der Waals surface area (Å²) in [6, 6.07) is 0. The molecule has 0 bridgehead atoms. The van der Waals surface area contributed by atoms with Crippen molar-refractivity contribution in [2.45, 2.75) is 33.2 Å². The third-order valence-corrected chi connectivity index (χ3v) is 1.33. The van der Waals surface area contributed by atoms with Crippen LogP contribution >= 0.6 is 0 Å². The lowest BCUT2D eigenvalue weighted by Crippen LogP contribution is -2.58. The summed E-state index contributed by atoms with van der Waals surface area (Å²) in [5.41, 5.74) is -0.0602. The standard InChI is InChI=1S/C6H12N2O.C2H6/c1-6(2)4-7-3-5(9)8-6;1-2/h7H,3-4H2,1-2H3,(H,8,9);1-2H3. The van der Waals surface area contributed by atoms with E-state index >= 15 is 0 Å². The van der Waals surface area contributed by atoms with Crippen molar-refractivity contribution >= 4 is 5.91 Å². The molecule has 0 aromatic heterocycles. The summed E-state index contributed by atoms with van der Waals surface area (Å²) >= 11 is 0. The summed E-state index contributed by atoms with van der Waals surface area (Å²) in [4.78, 5) is 10.7. The van der Waals surface area contributed by atoms with Crippen LogP contribution in [0, 0.1) is 0 Å². The fourth-order valence-electron chi connectivity index (χ4n) is 0.954. The van der Waals surface area contributed by atoms with E-state index in [1.807, 2.05) is 27.7 Å². The first kappa shape index (κ1) is 10.4. The van der Waals surface area contributed by atoms with Crippen LogP contribution < -0.4 is 10.6 Å². The molecule has 1 saturated heterocycles. The quantitative estimate of drug-likeness (QED) is 0.539. The van der Waals surface area contributed by atoms with Crippen molar-refractivity contribution in [1.82, 2.24) is 10.6 Å². The first-order valence-corrected chi connectivity index (χ1v) is 4.12. The highest BCUT2D eigenvalue weighted by Crippen LogP contribution is 2.01. The molecule has 0 aromatic rings. The Morgan fingerprint density at radius 2 is 1.91 bits per heavy atom. The molecular formula is C8H18N2O. The van der Waals surface area contributed by atoms with Gasteiger partial charge in [0.25, 0.3) is 0 Å². The van der Waals surface area contributed by atoms with Gasteiger partial charge in [-0.15, -0.1) is 0 Å². The van der Waals surface area contributed by atoms with Gasteiger partial charge in [0.05, 0.1) is 6.54 Å². The molecule has 1 heterocycles. The van der Waals surface area contributed by atoms with E-state index in [2.05, 4.69) is 10.6 Å². The van der Waals surface area contributed by atoms with Crippen LogP contribution in [0.15, 0.2) is 0 Å². The number of hydrogen-bond acceptors (Lipinski definition) is 2. The highest BCUT2D eigenvalue weighted by atomic mass is 16.2. The molecule has 0 unspecified atom stereocenters. The van der Waals surface area contributed by atoms with Gasteiger partial charge in [-0.05, 0) is 13.8 Å². The molecule has 3 heteroatoms. The third-order valence-electron chi connectivity index (χ3n) is 1.33. The highest BCUT2D eigenvalue weighted by Gasteiger charge is 2.23. The van der Waals surface area contributed by atoms with Crippen molar-refractivity contribution in [3.05, 3.63) is 0 Å². The maximum absolute atomic E-state index is 10.7. The predicted molar refractivity (Wildman–Crippen MR) is 46.4 cm³/mol. The summed E-state index contributed by atoms with van der Waals surface area (Å²) in [5.74, 6) is 0.0891. The molecule has 0 aromatic carbocycles. The van der Waals surface area contributed by atoms with Gasteiger partial charge in [0, 0.05) is 12.1 Å². The van der Waals surface area contributed by atoms with Gasteiger partial charge in [0.15, 0.2) is 0 Å². The van der Waals surface area contributed by atoms with Gasteiger partial charge in [-0.3, -0.25) is 4.79 Å². The van der Waals surface area contributed by atoms with Crippen LogP contribution in [0.2, 0.25) is 0 Å². The minimum absolute atomic E-state index is 0.0602. The molecule has 3 nitrogen and oxygen atoms in total. The lowest BCUT2D eigenvalue weighted by Gasteiger charge is -2.30. The van der Waals surface area contributed by atoms with Crippen molar-refractivity contribution < 1.29 is 4.79 Å². The van der Waals surface area contributed by atoms with Crippen molar-refractivity contribution in [2.75, 3.05) is 13.1 Å². The Labute approximate surface area is 68.6 Å². The summed E-state index contributed by atoms with van der Waals surface area (Å²) in [6.45, 7) is 9.32. The minimum Gasteiger partial charge on any atom is -0.349 e. The molecule has 2 N–H and O–H groups in total. The second kappa shape index (κ2) is 4.34. The number of hydrogen-bond donors (Lipinski definition) is 2. The zero-order valence-corrected chi connectivity index (χ0v) is 7.82. The minimum atomic E-state index is -0.0602. The maximum Gasteiger partial charge on any atom is 0.234 e. The van der Waals surface area contributed by atoms with Gasteiger partial charge >= 0.3 is 0 Å². The number of piperazine rings is 1. The Morgan fingerprint density at radius 3 is 2.18 bits per heavy atom. The Morgan fingerprint density at radius 1 is 1.36 bits per heavy atom. The van der Waals surface area contributed by atoms with Crippen molar-refractivity contribution in [2.24, 2.45) is 0 Å². The van der Waals surface area contributed by atoms with Crippen molar-refractivity contribution in [3.63, 3.8) is 0 Å². The van der Waals surface area contributed by atoms with E-state index in [9.17, 15) is 4.79 Å². The summed E-state index contributed by atoms with van der Waals surface area (Å²) in [6.07, 6.45) is 0. The first-order chi connectivity index (χ1) is 5.10. The number of nitrogens with one attached hydrogen (secondary N) is 2. The fraction of sp³-hybridized carbons (Fsp3) is 0.875. The Balaban J connectivity index is 0.000000461. The largest absolute Gasteiger partial charge is 0.349 e. The average molecular weight is 158 g/mol. The summed E-state index contributed by atoms with van der Waals surface area (Å²) < 4.78 is 0. The molecule has 0 aliphatic carbocycles. The van der Waals surface area contributed by atoms with E-state index in [-0.39, 0.29) is 11.4 Å². The van der Waals surface area contributed by atoms with E-state index in [0.29, 0.717) is 6.54 Å². The van der Waals surface area contributed by atoms with E-state index in [4.69, 9.17) is 0 Å². The monoisotopic (exact) mass is 158 g/mol. The molecule has 1 fully saturated rings. The van der Waals surface area contributed by atoms with Crippen molar-refractivity contribution in [3.8, 4) is 0 Å². The highest BCUT2D eigenvalue weighted by molar-refractivity contribution is 5.79. The van der Waals surface area contributed by atoms with Crippen LogP contribution in [0.4, 0.5) is 0 Å². The molecule has 1 rings (SSSR count). The Bertz CT molecular complexity index is 132. The normalized spacial score (nSPS) is 21.3. The molecule has 0 spiro atoms. The van der Waals surface area contributed by atoms with Crippen LogP contribution in [0.1, 0.15) is 27.7 Å². The molecule has 11 heavy (non-hydrogen) atoms. The van der Waals surface area contributed by atoms with Crippen LogP contribution in [0.25, 0.3) is 0 Å². The van der Waals surface area contributed by atoms with E-state index in [1.165, 1.54) is 0 Å². The second-order valence-corrected chi connectivity index (χ2v) is 3.04. The molecule has 1 aliphatic heterocycles. The second-order valence-electron chi connectivity index (χ2n) is 3.04. The summed E-state index contributed by atoms with van der Waals surface area (Å²) in [5, 5.41) is 5.87. The van der Waals surface area contributed by atoms with Crippen LogP contribution in [0.3, 0.4) is 0 Å². The first-order valence-electron chi connectivity index (χ1n) is 4.12. The zero-order chi connectivity index (χ0) is 8.91. The van der Waals surface area contributed by atoms with Crippen LogP contribution in [-0.2, 0) is 4.79 Å².